The summed E-state index contributed by atoms with van der Waals surface area (Å²) in [6, 6.07) is 0. The molecule has 0 N–H and O–H groups in total. The number of hydrogen-bond acceptors (Lipinski definition) is 3. The molecule has 1 heterocycles. The van der Waals surface area contributed by atoms with Gasteiger partial charge in [0.05, 0.1) is 12.4 Å². The molecule has 1 aliphatic rings. The van der Waals surface area contributed by atoms with E-state index in [0.29, 0.717) is 11.1 Å². The van der Waals surface area contributed by atoms with E-state index in [1.54, 1.807) is 0 Å². The van der Waals surface area contributed by atoms with Gasteiger partial charge in [0.2, 0.25) is 0 Å². The summed E-state index contributed by atoms with van der Waals surface area (Å²) in [7, 11) is 2.04. The number of nitrogens with zero attached hydrogens (tertiary/aromatic N) is 3. The van der Waals surface area contributed by atoms with Gasteiger partial charge in [-0.15, -0.1) is 0 Å². The average Bonchev–Trinajstić information content (AvgIpc) is 2.41. The Balaban J connectivity index is 2.85. The van der Waals surface area contributed by atoms with Crippen molar-refractivity contribution in [2.75, 3.05) is 20.3 Å². The molecule has 0 amide bonds. The van der Waals surface area contributed by atoms with E-state index in [-0.39, 0.29) is 0 Å². The number of halogens is 1. The van der Waals surface area contributed by atoms with Gasteiger partial charge in [-0.3, -0.25) is 4.99 Å². The third-order valence-electron chi connectivity index (χ3n) is 3.09. The lowest BCUT2D eigenvalue weighted by Crippen LogP contribution is -2.31. The van der Waals surface area contributed by atoms with E-state index in [2.05, 4.69) is 35.0 Å². The largest absolute Gasteiger partial charge is 0.361 e. The van der Waals surface area contributed by atoms with Crippen LogP contribution in [-0.4, -0.2) is 36.8 Å². The highest BCUT2D eigenvalue weighted by atomic mass is 35.5. The summed E-state index contributed by atoms with van der Waals surface area (Å²) in [5, 5.41) is 0.684. The molecule has 0 aliphatic carbocycles. The molecule has 16 heavy (non-hydrogen) atoms. The van der Waals surface area contributed by atoms with E-state index in [1.165, 1.54) is 0 Å². The standard InChI is InChI=1S/C12H20ClN3/c1-9-6-7-16(8-15(5)11(9)3)12(13)10(2)14-4/h9H,3-4,6-8H2,1-2,5H3/b12-10-. The fourth-order valence-electron chi connectivity index (χ4n) is 1.76. The molecular weight excluding hydrogens is 222 g/mol. The molecule has 1 fully saturated rings. The van der Waals surface area contributed by atoms with Crippen LogP contribution in [0.2, 0.25) is 0 Å². The van der Waals surface area contributed by atoms with Crippen molar-refractivity contribution in [3.8, 4) is 0 Å². The van der Waals surface area contributed by atoms with E-state index in [4.69, 9.17) is 11.6 Å². The second kappa shape index (κ2) is 5.39. The van der Waals surface area contributed by atoms with E-state index in [9.17, 15) is 0 Å². The Labute approximate surface area is 103 Å². The average molecular weight is 242 g/mol. The van der Waals surface area contributed by atoms with E-state index in [0.717, 1.165) is 31.0 Å². The van der Waals surface area contributed by atoms with E-state index in [1.807, 2.05) is 14.0 Å². The number of aliphatic imine (C=N–C) groups is 1. The third kappa shape index (κ3) is 2.79. The summed E-state index contributed by atoms with van der Waals surface area (Å²) in [6.07, 6.45) is 1.06. The van der Waals surface area contributed by atoms with Gasteiger partial charge in [0.1, 0.15) is 5.16 Å². The first-order valence-electron chi connectivity index (χ1n) is 5.45. The molecule has 1 rings (SSSR count). The monoisotopic (exact) mass is 241 g/mol. The summed E-state index contributed by atoms with van der Waals surface area (Å²) in [6.45, 7) is 13.4. The van der Waals surface area contributed by atoms with Crippen molar-refractivity contribution >= 4 is 18.3 Å². The lowest BCUT2D eigenvalue weighted by atomic mass is 10.1. The van der Waals surface area contributed by atoms with Gasteiger partial charge < -0.3 is 9.80 Å². The van der Waals surface area contributed by atoms with Crippen LogP contribution in [0.15, 0.2) is 28.1 Å². The SMILES string of the molecule is C=N/C(C)=C(/Cl)N1CCC(C)C(=C)N(C)C1. The van der Waals surface area contributed by atoms with Gasteiger partial charge in [-0.05, 0) is 26.0 Å². The zero-order valence-electron chi connectivity index (χ0n) is 10.3. The van der Waals surface area contributed by atoms with Crippen LogP contribution >= 0.6 is 11.6 Å². The smallest absolute Gasteiger partial charge is 0.127 e. The molecule has 0 aromatic heterocycles. The number of rotatable bonds is 2. The Bertz CT molecular complexity index is 322. The van der Waals surface area contributed by atoms with Gasteiger partial charge in [-0.2, -0.15) is 0 Å². The quantitative estimate of drug-likeness (QED) is 0.547. The van der Waals surface area contributed by atoms with Crippen LogP contribution in [0.3, 0.4) is 0 Å². The van der Waals surface area contributed by atoms with E-state index < -0.39 is 0 Å². The summed E-state index contributed by atoms with van der Waals surface area (Å²) in [5.74, 6) is 0.497. The van der Waals surface area contributed by atoms with Crippen molar-refractivity contribution in [2.24, 2.45) is 10.9 Å². The minimum absolute atomic E-state index is 0.497. The molecule has 1 atom stereocenters. The van der Waals surface area contributed by atoms with Crippen molar-refractivity contribution in [2.45, 2.75) is 20.3 Å². The zero-order valence-corrected chi connectivity index (χ0v) is 11.1. The fourth-order valence-corrected chi connectivity index (χ4v) is 1.96. The summed E-state index contributed by atoms with van der Waals surface area (Å²) in [5.41, 5.74) is 1.94. The summed E-state index contributed by atoms with van der Waals surface area (Å²) >= 11 is 6.26. The molecule has 90 valence electrons. The summed E-state index contributed by atoms with van der Waals surface area (Å²) < 4.78 is 0. The Morgan fingerprint density at radius 3 is 2.75 bits per heavy atom. The first-order valence-corrected chi connectivity index (χ1v) is 5.83. The Hall–Kier alpha value is -0.960. The van der Waals surface area contributed by atoms with Crippen LogP contribution in [0.4, 0.5) is 0 Å². The predicted octanol–water partition coefficient (Wildman–Crippen LogP) is 2.86. The topological polar surface area (TPSA) is 18.8 Å². The van der Waals surface area contributed by atoms with Crippen LogP contribution in [0.1, 0.15) is 20.3 Å². The first kappa shape index (κ1) is 13.1. The second-order valence-electron chi connectivity index (χ2n) is 4.32. The molecule has 0 saturated carbocycles. The molecule has 0 aromatic carbocycles. The molecule has 1 saturated heterocycles. The van der Waals surface area contributed by atoms with Gasteiger partial charge >= 0.3 is 0 Å². The molecule has 1 aliphatic heterocycles. The van der Waals surface area contributed by atoms with Gasteiger partial charge in [-0.1, -0.05) is 25.1 Å². The van der Waals surface area contributed by atoms with Crippen molar-refractivity contribution in [3.05, 3.63) is 23.1 Å². The number of hydrogen-bond donors (Lipinski definition) is 0. The Morgan fingerprint density at radius 1 is 1.56 bits per heavy atom. The van der Waals surface area contributed by atoms with Crippen LogP contribution in [-0.2, 0) is 0 Å². The Kier molecular flexibility index (Phi) is 4.42. The van der Waals surface area contributed by atoms with Crippen molar-refractivity contribution in [1.82, 2.24) is 9.80 Å². The minimum Gasteiger partial charge on any atom is -0.361 e. The Morgan fingerprint density at radius 2 is 2.19 bits per heavy atom. The summed E-state index contributed by atoms with van der Waals surface area (Å²) in [4.78, 5) is 8.12. The van der Waals surface area contributed by atoms with Crippen LogP contribution < -0.4 is 0 Å². The van der Waals surface area contributed by atoms with Gasteiger partial charge in [0.25, 0.3) is 0 Å². The minimum atomic E-state index is 0.497. The molecule has 4 heteroatoms. The molecule has 0 aromatic rings. The normalized spacial score (nSPS) is 24.0. The molecule has 1 unspecified atom stereocenters. The zero-order chi connectivity index (χ0) is 12.3. The highest BCUT2D eigenvalue weighted by Crippen LogP contribution is 2.25. The van der Waals surface area contributed by atoms with E-state index >= 15 is 0 Å². The van der Waals surface area contributed by atoms with Crippen molar-refractivity contribution in [3.63, 3.8) is 0 Å². The van der Waals surface area contributed by atoms with Crippen molar-refractivity contribution < 1.29 is 0 Å². The molecular formula is C12H20ClN3. The van der Waals surface area contributed by atoms with Gasteiger partial charge in [0, 0.05) is 19.3 Å². The predicted molar refractivity (Wildman–Crippen MR) is 70.4 cm³/mol. The second-order valence-corrected chi connectivity index (χ2v) is 4.68. The maximum atomic E-state index is 6.26. The third-order valence-corrected chi connectivity index (χ3v) is 3.60. The van der Waals surface area contributed by atoms with Gasteiger partial charge in [-0.25, -0.2) is 0 Å². The highest BCUT2D eigenvalue weighted by molar-refractivity contribution is 6.29. The molecule has 0 bridgehead atoms. The number of allylic oxidation sites excluding steroid dienone is 2. The van der Waals surface area contributed by atoms with Crippen LogP contribution in [0.25, 0.3) is 0 Å². The fraction of sp³-hybridized carbons (Fsp3) is 0.583. The van der Waals surface area contributed by atoms with Crippen molar-refractivity contribution in [1.29, 1.82) is 0 Å². The highest BCUT2D eigenvalue weighted by Gasteiger charge is 2.21. The maximum Gasteiger partial charge on any atom is 0.127 e. The van der Waals surface area contributed by atoms with Crippen LogP contribution in [0, 0.1) is 5.92 Å². The molecule has 3 nitrogen and oxygen atoms in total. The molecule has 0 spiro atoms. The maximum absolute atomic E-state index is 6.26. The lowest BCUT2D eigenvalue weighted by Gasteiger charge is -2.28. The lowest BCUT2D eigenvalue weighted by molar-refractivity contribution is 0.254. The molecule has 0 radical (unpaired) electrons. The first-order chi connectivity index (χ1) is 7.47. The van der Waals surface area contributed by atoms with Gasteiger partial charge in [0.15, 0.2) is 0 Å². The van der Waals surface area contributed by atoms with Crippen LogP contribution in [0.5, 0.6) is 0 Å².